The molecule has 0 aromatic heterocycles. The van der Waals surface area contributed by atoms with Gasteiger partial charge in [-0.3, -0.25) is 4.79 Å². The second-order valence-electron chi connectivity index (χ2n) is 4.90. The number of nitrogens with two attached hydrogens (primary N) is 1. The number of hydrogen-bond donors (Lipinski definition) is 1. The summed E-state index contributed by atoms with van der Waals surface area (Å²) < 4.78 is 10.9. The summed E-state index contributed by atoms with van der Waals surface area (Å²) in [7, 11) is 0. The molecule has 0 spiro atoms. The number of ether oxygens (including phenoxy) is 2. The third-order valence-corrected chi connectivity index (χ3v) is 3.64. The van der Waals surface area contributed by atoms with Gasteiger partial charge in [0.15, 0.2) is 17.3 Å². The Morgan fingerprint density at radius 1 is 1.10 bits per heavy atom. The Morgan fingerprint density at radius 2 is 1.76 bits per heavy atom. The van der Waals surface area contributed by atoms with Gasteiger partial charge in [-0.2, -0.15) is 0 Å². The van der Waals surface area contributed by atoms with Gasteiger partial charge in [0.2, 0.25) is 0 Å². The Hall–Kier alpha value is -2.20. The molecule has 0 aliphatic carbocycles. The summed E-state index contributed by atoms with van der Waals surface area (Å²) in [4.78, 5) is 12.7. The van der Waals surface area contributed by atoms with Crippen LogP contribution in [0.5, 0.6) is 11.5 Å². The van der Waals surface area contributed by atoms with Crippen LogP contribution in [0.15, 0.2) is 30.3 Å². The molecule has 4 nitrogen and oxygen atoms in total. The number of benzene rings is 2. The molecule has 0 bridgehead atoms. The molecule has 0 amide bonds. The second kappa shape index (κ2) is 5.30. The van der Waals surface area contributed by atoms with Crippen LogP contribution in [0.4, 0.5) is 5.69 Å². The lowest BCUT2D eigenvalue weighted by Gasteiger charge is -2.19. The van der Waals surface area contributed by atoms with Gasteiger partial charge in [0.05, 0.1) is 5.02 Å². The van der Waals surface area contributed by atoms with Crippen molar-refractivity contribution in [1.82, 2.24) is 0 Å². The molecule has 2 aromatic rings. The van der Waals surface area contributed by atoms with E-state index < -0.39 is 0 Å². The predicted octanol–water partition coefficient (Wildman–Crippen LogP) is 3.23. The van der Waals surface area contributed by atoms with Gasteiger partial charge in [0.25, 0.3) is 0 Å². The van der Waals surface area contributed by atoms with Crippen LogP contribution >= 0.6 is 11.6 Å². The molecule has 0 atom stereocenters. The number of aryl methyl sites for hydroxylation is 1. The van der Waals surface area contributed by atoms with Gasteiger partial charge in [-0.15, -0.1) is 0 Å². The van der Waals surface area contributed by atoms with Gasteiger partial charge < -0.3 is 15.2 Å². The van der Waals surface area contributed by atoms with Crippen molar-refractivity contribution in [2.24, 2.45) is 0 Å². The third-order valence-electron chi connectivity index (χ3n) is 3.33. The fourth-order valence-corrected chi connectivity index (χ4v) is 2.49. The zero-order chi connectivity index (χ0) is 15.0. The van der Waals surface area contributed by atoms with Crippen molar-refractivity contribution in [2.45, 2.75) is 6.92 Å². The molecule has 0 fully saturated rings. The molecule has 0 saturated carbocycles. The van der Waals surface area contributed by atoms with E-state index in [1.807, 2.05) is 13.0 Å². The van der Waals surface area contributed by atoms with E-state index in [-0.39, 0.29) is 5.78 Å². The molecule has 2 aromatic carbocycles. The maximum Gasteiger partial charge on any atom is 0.196 e. The van der Waals surface area contributed by atoms with Gasteiger partial charge in [0.1, 0.15) is 13.2 Å². The molecule has 0 saturated heterocycles. The van der Waals surface area contributed by atoms with Crippen LogP contribution in [-0.4, -0.2) is 19.0 Å². The van der Waals surface area contributed by atoms with Crippen LogP contribution in [0.3, 0.4) is 0 Å². The van der Waals surface area contributed by atoms with E-state index in [4.69, 9.17) is 26.8 Å². The Morgan fingerprint density at radius 3 is 2.48 bits per heavy atom. The SMILES string of the molecule is Cc1ccc(N)c(C(=O)c2cc3c(cc2Cl)OCCO3)c1. The van der Waals surface area contributed by atoms with Crippen molar-refractivity contribution >= 4 is 23.1 Å². The van der Waals surface area contributed by atoms with Gasteiger partial charge in [-0.05, 0) is 25.1 Å². The Balaban J connectivity index is 2.07. The van der Waals surface area contributed by atoms with E-state index in [2.05, 4.69) is 0 Å². The number of hydrogen-bond acceptors (Lipinski definition) is 4. The third kappa shape index (κ3) is 2.54. The van der Waals surface area contributed by atoms with Crippen molar-refractivity contribution in [3.05, 3.63) is 52.0 Å². The monoisotopic (exact) mass is 303 g/mol. The molecule has 108 valence electrons. The van der Waals surface area contributed by atoms with Crippen molar-refractivity contribution in [3.8, 4) is 11.5 Å². The predicted molar refractivity (Wildman–Crippen MR) is 81.5 cm³/mol. The summed E-state index contributed by atoms with van der Waals surface area (Å²) in [6.45, 7) is 2.83. The number of halogens is 1. The highest BCUT2D eigenvalue weighted by Gasteiger charge is 2.21. The minimum Gasteiger partial charge on any atom is -0.486 e. The zero-order valence-electron chi connectivity index (χ0n) is 11.5. The summed E-state index contributed by atoms with van der Waals surface area (Å²) in [6.07, 6.45) is 0. The van der Waals surface area contributed by atoms with Gasteiger partial charge in [-0.25, -0.2) is 0 Å². The number of nitrogen functional groups attached to an aromatic ring is 1. The average Bonchev–Trinajstić information content (AvgIpc) is 2.48. The summed E-state index contributed by atoms with van der Waals surface area (Å²) in [5.41, 5.74) is 8.08. The molecular weight excluding hydrogens is 290 g/mol. The van der Waals surface area contributed by atoms with Gasteiger partial charge >= 0.3 is 0 Å². The molecule has 1 heterocycles. The van der Waals surface area contributed by atoms with E-state index in [0.717, 1.165) is 5.56 Å². The van der Waals surface area contributed by atoms with Crippen molar-refractivity contribution in [3.63, 3.8) is 0 Å². The number of fused-ring (bicyclic) bond motifs is 1. The van der Waals surface area contributed by atoms with Crippen molar-refractivity contribution in [2.75, 3.05) is 18.9 Å². The van der Waals surface area contributed by atoms with Crippen LogP contribution in [0.2, 0.25) is 5.02 Å². The average molecular weight is 304 g/mol. The normalized spacial score (nSPS) is 13.0. The maximum absolute atomic E-state index is 12.7. The van der Waals surface area contributed by atoms with Crippen molar-refractivity contribution in [1.29, 1.82) is 0 Å². The highest BCUT2D eigenvalue weighted by Crippen LogP contribution is 2.36. The minimum atomic E-state index is -0.224. The summed E-state index contributed by atoms with van der Waals surface area (Å²) in [5.74, 6) is 0.860. The van der Waals surface area contributed by atoms with Crippen LogP contribution in [0.1, 0.15) is 21.5 Å². The molecule has 1 aliphatic rings. The highest BCUT2D eigenvalue weighted by molar-refractivity contribution is 6.35. The molecule has 21 heavy (non-hydrogen) atoms. The van der Waals surface area contributed by atoms with Crippen molar-refractivity contribution < 1.29 is 14.3 Å². The molecule has 3 rings (SSSR count). The largest absolute Gasteiger partial charge is 0.486 e. The van der Waals surface area contributed by atoms with Gasteiger partial charge in [0, 0.05) is 22.9 Å². The maximum atomic E-state index is 12.7. The van der Waals surface area contributed by atoms with Crippen LogP contribution in [0, 0.1) is 6.92 Å². The lowest BCUT2D eigenvalue weighted by molar-refractivity contribution is 0.103. The fraction of sp³-hybridized carbons (Fsp3) is 0.188. The molecular formula is C16H14ClNO3. The van der Waals surface area contributed by atoms with E-state index in [0.29, 0.717) is 46.5 Å². The lowest BCUT2D eigenvalue weighted by Crippen LogP contribution is -2.16. The Bertz CT molecular complexity index is 728. The Kier molecular flexibility index (Phi) is 3.47. The first-order chi connectivity index (χ1) is 10.1. The smallest absolute Gasteiger partial charge is 0.196 e. The molecule has 2 N–H and O–H groups in total. The van der Waals surface area contributed by atoms with E-state index >= 15 is 0 Å². The van der Waals surface area contributed by atoms with E-state index in [1.165, 1.54) is 0 Å². The van der Waals surface area contributed by atoms with E-state index in [9.17, 15) is 4.79 Å². The van der Waals surface area contributed by atoms with Crippen LogP contribution in [-0.2, 0) is 0 Å². The number of carbonyl (C=O) groups excluding carboxylic acids is 1. The van der Waals surface area contributed by atoms with Crippen LogP contribution < -0.4 is 15.2 Å². The standard InChI is InChI=1S/C16H14ClNO3/c1-9-2-3-13(18)11(6-9)16(19)10-7-14-15(8-12(10)17)21-5-4-20-14/h2-3,6-8H,4-5,18H2,1H3. The van der Waals surface area contributed by atoms with Gasteiger partial charge in [-0.1, -0.05) is 23.2 Å². The molecule has 0 unspecified atom stereocenters. The molecule has 5 heteroatoms. The number of carbonyl (C=O) groups is 1. The molecule has 1 aliphatic heterocycles. The summed E-state index contributed by atoms with van der Waals surface area (Å²) in [6, 6.07) is 8.55. The summed E-state index contributed by atoms with van der Waals surface area (Å²) in [5, 5.41) is 0.324. The highest BCUT2D eigenvalue weighted by atomic mass is 35.5. The molecule has 0 radical (unpaired) electrons. The van der Waals surface area contributed by atoms with Crippen LogP contribution in [0.25, 0.3) is 0 Å². The van der Waals surface area contributed by atoms with E-state index in [1.54, 1.807) is 24.3 Å². The Labute approximate surface area is 127 Å². The summed E-state index contributed by atoms with van der Waals surface area (Å²) >= 11 is 6.20. The first-order valence-corrected chi connectivity index (χ1v) is 6.94. The second-order valence-corrected chi connectivity index (χ2v) is 5.30. The number of ketones is 1. The minimum absolute atomic E-state index is 0.224. The topological polar surface area (TPSA) is 61.6 Å². The first kappa shape index (κ1) is 13.8. The zero-order valence-corrected chi connectivity index (χ0v) is 12.2. The quantitative estimate of drug-likeness (QED) is 0.683. The fourth-order valence-electron chi connectivity index (χ4n) is 2.25. The number of anilines is 1. The lowest BCUT2D eigenvalue weighted by atomic mass is 9.99. The first-order valence-electron chi connectivity index (χ1n) is 6.56. The number of rotatable bonds is 2.